The Labute approximate surface area is 179 Å². The summed E-state index contributed by atoms with van der Waals surface area (Å²) in [6, 6.07) is 3.26. The number of halogens is 8. The van der Waals surface area contributed by atoms with E-state index in [1.165, 1.54) is 0 Å². The number of ether oxygens (including phenoxy) is 1. The van der Waals surface area contributed by atoms with Crippen molar-refractivity contribution in [1.29, 1.82) is 0 Å². The molecule has 0 amide bonds. The SMILES string of the molecule is Cc1cc(-c2noc(C(F)(F)F)c2-c2cc(F)c(S(N)(=O)=O)c(F)c2)ccc1OC(F)(F)F. The number of benzene rings is 2. The van der Waals surface area contributed by atoms with Crippen LogP contribution in [-0.2, 0) is 16.2 Å². The molecule has 0 fully saturated rings. The smallest absolute Gasteiger partial charge is 0.406 e. The molecule has 1 aromatic heterocycles. The fraction of sp³-hybridized carbons (Fsp3) is 0.167. The van der Waals surface area contributed by atoms with Gasteiger partial charge in [0.2, 0.25) is 15.8 Å². The van der Waals surface area contributed by atoms with Gasteiger partial charge in [0.1, 0.15) is 23.1 Å². The van der Waals surface area contributed by atoms with Gasteiger partial charge in [0, 0.05) is 5.56 Å². The van der Waals surface area contributed by atoms with Crippen LogP contribution in [0.15, 0.2) is 39.8 Å². The van der Waals surface area contributed by atoms with Crippen LogP contribution < -0.4 is 9.88 Å². The summed E-state index contributed by atoms with van der Waals surface area (Å²) in [6.07, 6.45) is -10.2. The minimum absolute atomic E-state index is 0.158. The molecular formula is C18H10F8N2O4S. The lowest BCUT2D eigenvalue weighted by Crippen LogP contribution is -2.17. The number of hydrogen-bond acceptors (Lipinski definition) is 5. The van der Waals surface area contributed by atoms with Crippen LogP contribution in [-0.4, -0.2) is 19.9 Å². The van der Waals surface area contributed by atoms with Crippen LogP contribution in [0.2, 0.25) is 0 Å². The number of primary sulfonamides is 1. The van der Waals surface area contributed by atoms with Gasteiger partial charge >= 0.3 is 12.5 Å². The molecule has 0 bridgehead atoms. The topological polar surface area (TPSA) is 95.4 Å². The van der Waals surface area contributed by atoms with Gasteiger partial charge < -0.3 is 9.26 Å². The molecule has 0 atom stereocenters. The van der Waals surface area contributed by atoms with Crippen molar-refractivity contribution in [2.45, 2.75) is 24.4 Å². The maximum absolute atomic E-state index is 14.3. The monoisotopic (exact) mass is 502 g/mol. The third-order valence-corrected chi connectivity index (χ3v) is 5.15. The number of aryl methyl sites for hydroxylation is 1. The maximum atomic E-state index is 14.3. The number of nitrogens with two attached hydrogens (primary N) is 1. The fourth-order valence-electron chi connectivity index (χ4n) is 2.96. The van der Waals surface area contributed by atoms with E-state index >= 15 is 0 Å². The van der Waals surface area contributed by atoms with E-state index in [9.17, 15) is 43.5 Å². The van der Waals surface area contributed by atoms with Crippen LogP contribution in [0.1, 0.15) is 11.3 Å². The molecule has 0 aliphatic heterocycles. The first-order chi connectivity index (χ1) is 15.0. The van der Waals surface area contributed by atoms with E-state index in [1.54, 1.807) is 0 Å². The highest BCUT2D eigenvalue weighted by atomic mass is 32.2. The van der Waals surface area contributed by atoms with E-state index in [-0.39, 0.29) is 23.3 Å². The predicted octanol–water partition coefficient (Wildman–Crippen LogP) is 5.16. The number of aromatic nitrogens is 1. The quantitative estimate of drug-likeness (QED) is 0.498. The van der Waals surface area contributed by atoms with Gasteiger partial charge in [0.25, 0.3) is 0 Å². The second kappa shape index (κ2) is 7.98. The Kier molecular flexibility index (Phi) is 5.91. The molecule has 0 aliphatic carbocycles. The van der Waals surface area contributed by atoms with Crippen molar-refractivity contribution in [2.75, 3.05) is 0 Å². The number of rotatable bonds is 4. The molecule has 2 N–H and O–H groups in total. The Bertz CT molecular complexity index is 1310. The minimum Gasteiger partial charge on any atom is -0.406 e. The molecule has 178 valence electrons. The zero-order valence-electron chi connectivity index (χ0n) is 16.0. The van der Waals surface area contributed by atoms with Crippen LogP contribution in [0.4, 0.5) is 35.1 Å². The molecule has 6 nitrogen and oxygen atoms in total. The van der Waals surface area contributed by atoms with Crippen LogP contribution in [0.3, 0.4) is 0 Å². The Morgan fingerprint density at radius 3 is 2.00 bits per heavy atom. The van der Waals surface area contributed by atoms with Crippen molar-refractivity contribution in [3.63, 3.8) is 0 Å². The van der Waals surface area contributed by atoms with Gasteiger partial charge in [-0.2, -0.15) is 13.2 Å². The summed E-state index contributed by atoms with van der Waals surface area (Å²) in [7, 11) is -4.89. The molecule has 15 heteroatoms. The molecular weight excluding hydrogens is 492 g/mol. The molecule has 0 saturated carbocycles. The van der Waals surface area contributed by atoms with Gasteiger partial charge in [-0.25, -0.2) is 22.3 Å². The van der Waals surface area contributed by atoms with Gasteiger partial charge in [-0.3, -0.25) is 0 Å². The summed E-state index contributed by atoms with van der Waals surface area (Å²) in [6.45, 7) is 1.16. The highest BCUT2D eigenvalue weighted by Gasteiger charge is 2.41. The first-order valence-electron chi connectivity index (χ1n) is 8.45. The minimum atomic E-state index is -5.21. The van der Waals surface area contributed by atoms with Gasteiger partial charge in [-0.15, -0.1) is 13.2 Å². The molecule has 0 spiro atoms. The molecule has 3 rings (SSSR count). The van der Waals surface area contributed by atoms with Crippen molar-refractivity contribution < 1.29 is 52.8 Å². The summed E-state index contributed by atoms with van der Waals surface area (Å²) < 4.78 is 137. The first-order valence-corrected chi connectivity index (χ1v) is 9.99. The van der Waals surface area contributed by atoms with Crippen LogP contribution in [0.25, 0.3) is 22.4 Å². The summed E-state index contributed by atoms with van der Waals surface area (Å²) in [5, 5.41) is 7.97. The van der Waals surface area contributed by atoms with E-state index in [0.717, 1.165) is 25.1 Å². The average molecular weight is 502 g/mol. The first kappa shape index (κ1) is 24.4. The van der Waals surface area contributed by atoms with Crippen molar-refractivity contribution >= 4 is 10.0 Å². The van der Waals surface area contributed by atoms with Crippen LogP contribution in [0, 0.1) is 18.6 Å². The van der Waals surface area contributed by atoms with E-state index in [0.29, 0.717) is 0 Å². The third kappa shape index (κ3) is 5.08. The number of nitrogens with zero attached hydrogens (tertiary/aromatic N) is 1. The highest BCUT2D eigenvalue weighted by Crippen LogP contribution is 2.44. The van der Waals surface area contributed by atoms with E-state index in [1.807, 2.05) is 0 Å². The molecule has 3 aromatic rings. The fourth-order valence-corrected chi connectivity index (χ4v) is 3.62. The highest BCUT2D eigenvalue weighted by molar-refractivity contribution is 7.89. The van der Waals surface area contributed by atoms with Gasteiger partial charge in [0.15, 0.2) is 4.90 Å². The molecule has 0 saturated heterocycles. The van der Waals surface area contributed by atoms with Crippen LogP contribution in [0.5, 0.6) is 5.75 Å². The largest absolute Gasteiger partial charge is 0.573 e. The van der Waals surface area contributed by atoms with E-state index in [4.69, 9.17) is 5.14 Å². The standard InChI is InChI=1S/C18H10F8N2O4S/c1-7-4-8(2-3-12(7)31-18(24,25)26)14-13(16(32-28-14)17(21,22)23)9-5-10(19)15(11(20)6-9)33(27,29)30/h2-6H,1H3,(H2,27,29,30). The lowest BCUT2D eigenvalue weighted by atomic mass is 9.97. The third-order valence-electron chi connectivity index (χ3n) is 4.20. The van der Waals surface area contributed by atoms with Crippen LogP contribution >= 0.6 is 0 Å². The Morgan fingerprint density at radius 1 is 0.970 bits per heavy atom. The lowest BCUT2D eigenvalue weighted by molar-refractivity contribution is -0.274. The normalized spacial score (nSPS) is 12.8. The Balaban J connectivity index is 2.24. The summed E-state index contributed by atoms with van der Waals surface area (Å²) >= 11 is 0. The second-order valence-electron chi connectivity index (χ2n) is 6.58. The van der Waals surface area contributed by atoms with E-state index < -0.39 is 67.4 Å². The summed E-state index contributed by atoms with van der Waals surface area (Å²) in [5.41, 5.74) is -2.80. The van der Waals surface area contributed by atoms with Gasteiger partial charge in [-0.05, 0) is 48.4 Å². The molecule has 0 unspecified atom stereocenters. The zero-order valence-corrected chi connectivity index (χ0v) is 16.8. The molecule has 0 radical (unpaired) electrons. The number of alkyl halides is 6. The second-order valence-corrected chi connectivity index (χ2v) is 8.07. The number of sulfonamides is 1. The van der Waals surface area contributed by atoms with Crippen molar-refractivity contribution in [2.24, 2.45) is 5.14 Å². The summed E-state index contributed by atoms with van der Waals surface area (Å²) in [5.74, 6) is -5.99. The molecule has 2 aromatic carbocycles. The molecule has 33 heavy (non-hydrogen) atoms. The Morgan fingerprint density at radius 2 is 1.55 bits per heavy atom. The zero-order chi connectivity index (χ0) is 24.9. The molecule has 1 heterocycles. The number of hydrogen-bond donors (Lipinski definition) is 1. The van der Waals surface area contributed by atoms with Crippen molar-refractivity contribution in [3.8, 4) is 28.1 Å². The van der Waals surface area contributed by atoms with Gasteiger partial charge in [-0.1, -0.05) is 5.16 Å². The average Bonchev–Trinajstić information content (AvgIpc) is 3.06. The predicted molar refractivity (Wildman–Crippen MR) is 95.1 cm³/mol. The van der Waals surface area contributed by atoms with Crippen molar-refractivity contribution in [3.05, 3.63) is 53.3 Å². The summed E-state index contributed by atoms with van der Waals surface area (Å²) in [4.78, 5) is -1.57. The molecule has 0 aliphatic rings. The maximum Gasteiger partial charge on any atom is 0.573 e. The Hall–Kier alpha value is -3.20. The lowest BCUT2D eigenvalue weighted by Gasteiger charge is -2.13. The van der Waals surface area contributed by atoms with E-state index in [2.05, 4.69) is 14.4 Å². The van der Waals surface area contributed by atoms with Crippen molar-refractivity contribution in [1.82, 2.24) is 5.16 Å². The van der Waals surface area contributed by atoms with Gasteiger partial charge in [0.05, 0.1) is 5.56 Å².